The number of aliphatic hydroxyl groups is 1. The molecule has 0 aromatic heterocycles. The van der Waals surface area contributed by atoms with Crippen LogP contribution in [0.3, 0.4) is 0 Å². The number of nitrogens with zero attached hydrogens (tertiary/aromatic N) is 1. The third-order valence-corrected chi connectivity index (χ3v) is 5.30. The Bertz CT molecular complexity index is 673. The molecule has 21 heavy (non-hydrogen) atoms. The number of piperidine rings is 1. The third kappa shape index (κ3) is 3.07. The largest absolute Gasteiger partial charge is 0.478 e. The van der Waals surface area contributed by atoms with E-state index in [0.717, 1.165) is 16.4 Å². The van der Waals surface area contributed by atoms with Crippen LogP contribution in [-0.2, 0) is 10.0 Å². The molecule has 2 N–H and O–H groups in total. The first kappa shape index (κ1) is 15.9. The molecule has 2 rings (SSSR count). The van der Waals surface area contributed by atoms with Gasteiger partial charge >= 0.3 is 5.97 Å². The Morgan fingerprint density at radius 3 is 2.67 bits per heavy atom. The topological polar surface area (TPSA) is 94.9 Å². The van der Waals surface area contributed by atoms with E-state index in [1.165, 1.54) is 6.92 Å². The van der Waals surface area contributed by atoms with Gasteiger partial charge in [-0.05, 0) is 37.5 Å². The summed E-state index contributed by atoms with van der Waals surface area (Å²) in [7, 11) is -3.95. The average molecular weight is 317 g/mol. The lowest BCUT2D eigenvalue weighted by atomic mass is 10.1. The maximum atomic E-state index is 13.7. The Morgan fingerprint density at radius 2 is 2.10 bits per heavy atom. The van der Waals surface area contributed by atoms with E-state index in [-0.39, 0.29) is 23.5 Å². The Labute approximate surface area is 121 Å². The number of hydrogen-bond donors (Lipinski definition) is 2. The second-order valence-corrected chi connectivity index (χ2v) is 7.00. The number of carboxylic acid groups (broad SMARTS) is 1. The Morgan fingerprint density at radius 1 is 1.43 bits per heavy atom. The van der Waals surface area contributed by atoms with E-state index in [0.29, 0.717) is 12.8 Å². The van der Waals surface area contributed by atoms with Crippen molar-refractivity contribution in [2.24, 2.45) is 0 Å². The lowest BCUT2D eigenvalue weighted by Crippen LogP contribution is -2.42. The van der Waals surface area contributed by atoms with Gasteiger partial charge in [-0.1, -0.05) is 0 Å². The molecule has 0 amide bonds. The second kappa shape index (κ2) is 5.70. The van der Waals surface area contributed by atoms with Crippen molar-refractivity contribution in [3.63, 3.8) is 0 Å². The summed E-state index contributed by atoms with van der Waals surface area (Å²) in [6.07, 6.45) is 0.301. The number of halogens is 1. The van der Waals surface area contributed by atoms with E-state index >= 15 is 0 Å². The van der Waals surface area contributed by atoms with Crippen molar-refractivity contribution in [3.05, 3.63) is 29.1 Å². The molecule has 0 aliphatic carbocycles. The van der Waals surface area contributed by atoms with Crippen LogP contribution < -0.4 is 0 Å². The van der Waals surface area contributed by atoms with E-state index < -0.39 is 33.5 Å². The number of hydrogen-bond acceptors (Lipinski definition) is 4. The third-order valence-electron chi connectivity index (χ3n) is 3.46. The van der Waals surface area contributed by atoms with Gasteiger partial charge < -0.3 is 10.2 Å². The van der Waals surface area contributed by atoms with Gasteiger partial charge in [0.05, 0.1) is 16.6 Å². The van der Waals surface area contributed by atoms with E-state index in [2.05, 4.69) is 0 Å². The summed E-state index contributed by atoms with van der Waals surface area (Å²) in [4.78, 5) is 10.7. The van der Waals surface area contributed by atoms with Gasteiger partial charge in [0.25, 0.3) is 0 Å². The molecule has 1 heterocycles. The number of aliphatic hydroxyl groups excluding tert-OH is 1. The molecule has 0 saturated carbocycles. The zero-order chi connectivity index (χ0) is 15.8. The first-order valence-corrected chi connectivity index (χ1v) is 7.89. The average Bonchev–Trinajstić information content (AvgIpc) is 2.41. The fourth-order valence-corrected chi connectivity index (χ4v) is 3.96. The fourth-order valence-electron chi connectivity index (χ4n) is 2.33. The summed E-state index contributed by atoms with van der Waals surface area (Å²) >= 11 is 0. The van der Waals surface area contributed by atoms with E-state index in [9.17, 15) is 22.7 Å². The van der Waals surface area contributed by atoms with E-state index in [1.54, 1.807) is 0 Å². The highest BCUT2D eigenvalue weighted by Crippen LogP contribution is 2.24. The van der Waals surface area contributed by atoms with Gasteiger partial charge in [-0.3, -0.25) is 0 Å². The number of carboxylic acids is 1. The van der Waals surface area contributed by atoms with Crippen LogP contribution in [-0.4, -0.2) is 48.1 Å². The maximum Gasteiger partial charge on any atom is 0.338 e. The van der Waals surface area contributed by atoms with Crippen molar-refractivity contribution in [1.82, 2.24) is 4.31 Å². The lowest BCUT2D eigenvalue weighted by molar-refractivity contribution is 0.0691. The SMILES string of the molecule is Cc1cc(S(=O)(=O)N2CCC[C@H](O)C2)cc(C(=O)O)c1F. The molecule has 1 aliphatic rings. The van der Waals surface area contributed by atoms with Crippen molar-refractivity contribution in [2.45, 2.75) is 30.8 Å². The van der Waals surface area contributed by atoms with E-state index in [1.807, 2.05) is 0 Å². The molecule has 0 spiro atoms. The zero-order valence-corrected chi connectivity index (χ0v) is 12.2. The molecule has 1 aliphatic heterocycles. The standard InChI is InChI=1S/C13H16FNO5S/c1-8-5-10(6-11(12(8)14)13(17)18)21(19,20)15-4-2-3-9(16)7-15/h5-6,9,16H,2-4,7H2,1H3,(H,17,18)/t9-/m0/s1. The number of sulfonamides is 1. The quantitative estimate of drug-likeness (QED) is 0.866. The highest BCUT2D eigenvalue weighted by Gasteiger charge is 2.31. The van der Waals surface area contributed by atoms with Crippen LogP contribution in [0.4, 0.5) is 4.39 Å². The number of rotatable bonds is 3. The van der Waals surface area contributed by atoms with Crippen molar-refractivity contribution >= 4 is 16.0 Å². The number of aryl methyl sites for hydroxylation is 1. The van der Waals surface area contributed by atoms with E-state index in [4.69, 9.17) is 5.11 Å². The zero-order valence-electron chi connectivity index (χ0n) is 11.4. The molecule has 1 aromatic rings. The first-order valence-electron chi connectivity index (χ1n) is 6.45. The van der Waals surface area contributed by atoms with Crippen molar-refractivity contribution in [3.8, 4) is 0 Å². The molecule has 8 heteroatoms. The Balaban J connectivity index is 2.47. The van der Waals surface area contributed by atoms with Gasteiger partial charge in [0.15, 0.2) is 0 Å². The molecule has 1 atom stereocenters. The number of benzene rings is 1. The molecule has 1 saturated heterocycles. The first-order chi connectivity index (χ1) is 9.73. The van der Waals surface area contributed by atoms with Crippen LogP contribution in [0.5, 0.6) is 0 Å². The van der Waals surface area contributed by atoms with Gasteiger partial charge in [-0.15, -0.1) is 0 Å². The van der Waals surface area contributed by atoms with Crippen LogP contribution in [0.1, 0.15) is 28.8 Å². The van der Waals surface area contributed by atoms with Crippen LogP contribution >= 0.6 is 0 Å². The normalized spacial score (nSPS) is 20.4. The molecule has 0 unspecified atom stereocenters. The number of aromatic carboxylic acids is 1. The lowest BCUT2D eigenvalue weighted by Gasteiger charge is -2.29. The minimum Gasteiger partial charge on any atom is -0.478 e. The van der Waals surface area contributed by atoms with Gasteiger partial charge in [0, 0.05) is 13.1 Å². The van der Waals surface area contributed by atoms with Crippen molar-refractivity contribution < 1.29 is 27.8 Å². The predicted octanol–water partition coefficient (Wildman–Crippen LogP) is 0.978. The van der Waals surface area contributed by atoms with Gasteiger partial charge in [-0.2, -0.15) is 4.31 Å². The Hall–Kier alpha value is -1.51. The van der Waals surface area contributed by atoms with Crippen LogP contribution in [0.15, 0.2) is 17.0 Å². The van der Waals surface area contributed by atoms with Crippen molar-refractivity contribution in [1.29, 1.82) is 0 Å². The second-order valence-electron chi connectivity index (χ2n) is 5.07. The predicted molar refractivity (Wildman–Crippen MR) is 72.1 cm³/mol. The summed E-state index contributed by atoms with van der Waals surface area (Å²) in [6, 6.07) is 1.93. The molecule has 0 radical (unpaired) electrons. The minimum atomic E-state index is -3.95. The van der Waals surface area contributed by atoms with Crippen LogP contribution in [0.2, 0.25) is 0 Å². The molecular weight excluding hydrogens is 301 g/mol. The smallest absolute Gasteiger partial charge is 0.338 e. The fraction of sp³-hybridized carbons (Fsp3) is 0.462. The van der Waals surface area contributed by atoms with Gasteiger partial charge in [0.2, 0.25) is 10.0 Å². The summed E-state index contributed by atoms with van der Waals surface area (Å²) < 4.78 is 39.7. The molecule has 0 bridgehead atoms. The van der Waals surface area contributed by atoms with Gasteiger partial charge in [0.1, 0.15) is 5.82 Å². The van der Waals surface area contributed by atoms with Gasteiger partial charge in [-0.25, -0.2) is 17.6 Å². The summed E-state index contributed by atoms with van der Waals surface area (Å²) in [6.45, 7) is 1.52. The molecular formula is C13H16FNO5S. The molecule has 1 aromatic carbocycles. The highest BCUT2D eigenvalue weighted by atomic mass is 32.2. The monoisotopic (exact) mass is 317 g/mol. The number of β-amino-alcohol motifs (C(OH)–C–C–N with tert-alkyl or cyclic N) is 1. The molecule has 1 fully saturated rings. The van der Waals surface area contributed by atoms with Crippen LogP contribution in [0.25, 0.3) is 0 Å². The number of carbonyl (C=O) groups is 1. The summed E-state index contributed by atoms with van der Waals surface area (Å²) in [5.74, 6) is -2.47. The maximum absolute atomic E-state index is 13.7. The highest BCUT2D eigenvalue weighted by molar-refractivity contribution is 7.89. The Kier molecular flexibility index (Phi) is 4.31. The van der Waals surface area contributed by atoms with Crippen LogP contribution in [0, 0.1) is 12.7 Å². The summed E-state index contributed by atoms with van der Waals surface area (Å²) in [5, 5.41) is 18.5. The minimum absolute atomic E-state index is 0.0405. The van der Waals surface area contributed by atoms with Crippen molar-refractivity contribution in [2.75, 3.05) is 13.1 Å². The molecule has 116 valence electrons. The summed E-state index contributed by atoms with van der Waals surface area (Å²) in [5.41, 5.74) is -0.725. The molecule has 6 nitrogen and oxygen atoms in total.